The van der Waals surface area contributed by atoms with Crippen LogP contribution in [0.15, 0.2) is 0 Å². The van der Waals surface area contributed by atoms with E-state index in [4.69, 9.17) is 9.90 Å². The molecule has 0 aromatic heterocycles. The number of hydrogen-bond donors (Lipinski definition) is 0. The molecule has 0 aromatic carbocycles. The molecule has 0 radical (unpaired) electrons. The van der Waals surface area contributed by atoms with Gasteiger partial charge in [0, 0.05) is 23.0 Å². The minimum atomic E-state index is -1.08. The van der Waals surface area contributed by atoms with Crippen molar-refractivity contribution >= 4 is 5.97 Å². The standard InChI is InChI=1S/C2H4O2.ClH.2Fe/c1-2(3)4;;;/h1H3,(H,3,4);1H;;/q;;;+2/p-2. The van der Waals surface area contributed by atoms with Gasteiger partial charge in [0.1, 0.15) is 0 Å². The summed E-state index contributed by atoms with van der Waals surface area (Å²) in [5.74, 6) is -1.08. The minimum Gasteiger partial charge on any atom is -1.00 e. The van der Waals surface area contributed by atoms with Crippen LogP contribution in [0.1, 0.15) is 6.92 Å². The van der Waals surface area contributed by atoms with E-state index in [0.717, 1.165) is 6.92 Å². The zero-order valence-corrected chi connectivity index (χ0v) is 6.37. The summed E-state index contributed by atoms with van der Waals surface area (Å²) < 4.78 is 0. The van der Waals surface area contributed by atoms with Crippen molar-refractivity contribution in [3.05, 3.63) is 0 Å². The Morgan fingerprint density at radius 3 is 1.57 bits per heavy atom. The van der Waals surface area contributed by atoms with Crippen LogP contribution in [-0.4, -0.2) is 5.97 Å². The van der Waals surface area contributed by atoms with E-state index in [1.165, 1.54) is 0 Å². The molecule has 5 heteroatoms. The number of aliphatic carboxylic acids is 1. The Labute approximate surface area is 69.4 Å². The average Bonchev–Trinajstić information content (AvgIpc) is 0.811. The summed E-state index contributed by atoms with van der Waals surface area (Å²) in [6.45, 7) is 0.972. The summed E-state index contributed by atoms with van der Waals surface area (Å²) in [5.41, 5.74) is 0. The smallest absolute Gasteiger partial charge is 1.00 e. The van der Waals surface area contributed by atoms with Crippen molar-refractivity contribution in [2.24, 2.45) is 0 Å². The maximum absolute atomic E-state index is 8.89. The molecule has 0 aliphatic carbocycles. The van der Waals surface area contributed by atoms with Crippen LogP contribution in [0.25, 0.3) is 0 Å². The van der Waals surface area contributed by atoms with E-state index in [0.29, 0.717) is 0 Å². The molecule has 2 nitrogen and oxygen atoms in total. The van der Waals surface area contributed by atoms with E-state index in [-0.39, 0.29) is 46.5 Å². The van der Waals surface area contributed by atoms with Gasteiger partial charge in [-0.15, -0.1) is 0 Å². The number of halogens is 1. The Balaban J connectivity index is -0.0000000150. The second kappa shape index (κ2) is 15.8. The van der Waals surface area contributed by atoms with Crippen LogP contribution in [0.2, 0.25) is 0 Å². The predicted octanol–water partition coefficient (Wildman–Crippen LogP) is -4.24. The van der Waals surface area contributed by atoms with Crippen molar-refractivity contribution in [2.45, 2.75) is 6.92 Å². The fraction of sp³-hybridized carbons (Fsp3) is 0.500. The fourth-order valence-corrected chi connectivity index (χ4v) is 0. The van der Waals surface area contributed by atoms with Crippen molar-refractivity contribution < 1.29 is 56.4 Å². The van der Waals surface area contributed by atoms with Crippen LogP contribution >= 0.6 is 0 Å². The summed E-state index contributed by atoms with van der Waals surface area (Å²) in [5, 5.41) is 8.89. The molecule has 0 rings (SSSR count). The van der Waals surface area contributed by atoms with Crippen LogP contribution in [0, 0.1) is 0 Å². The Morgan fingerprint density at radius 1 is 1.57 bits per heavy atom. The second-order valence-electron chi connectivity index (χ2n) is 0.492. The first-order valence-corrected chi connectivity index (χ1v) is 0.908. The summed E-state index contributed by atoms with van der Waals surface area (Å²) in [6.07, 6.45) is 0. The monoisotopic (exact) mass is 206 g/mol. The number of carbonyl (C=O) groups excluding carboxylic acids is 1. The molecule has 0 fully saturated rings. The van der Waals surface area contributed by atoms with Gasteiger partial charge in [-0.1, -0.05) is 0 Å². The molecule has 46 valence electrons. The van der Waals surface area contributed by atoms with E-state index >= 15 is 0 Å². The number of rotatable bonds is 0. The molecule has 0 bridgehead atoms. The normalized spacial score (nSPS) is 3.57. The maximum Gasteiger partial charge on any atom is 2.00 e. The van der Waals surface area contributed by atoms with E-state index in [2.05, 4.69) is 0 Å². The Morgan fingerprint density at radius 2 is 1.57 bits per heavy atom. The number of carboxylic acids is 1. The molecule has 0 spiro atoms. The molecule has 0 saturated heterocycles. The van der Waals surface area contributed by atoms with Gasteiger partial charge in [-0.05, 0) is 6.92 Å². The molecule has 0 saturated carbocycles. The van der Waals surface area contributed by atoms with E-state index in [1.807, 2.05) is 0 Å². The van der Waals surface area contributed by atoms with Crippen molar-refractivity contribution in [3.8, 4) is 0 Å². The first kappa shape index (κ1) is 25.0. The van der Waals surface area contributed by atoms with Crippen LogP contribution < -0.4 is 17.5 Å². The third-order valence-electron chi connectivity index (χ3n) is 0. The number of carbonyl (C=O) groups is 1. The summed E-state index contributed by atoms with van der Waals surface area (Å²) in [7, 11) is 0. The Kier molecular flexibility index (Phi) is 56.5. The molecule has 0 atom stereocenters. The minimum absolute atomic E-state index is 0. The summed E-state index contributed by atoms with van der Waals surface area (Å²) in [4.78, 5) is 8.89. The number of carboxylic acid groups (broad SMARTS) is 1. The SMILES string of the molecule is CC(=O)[O-].[Cl-].[Fe+2].[Fe]. The van der Waals surface area contributed by atoms with E-state index in [9.17, 15) is 0 Å². The maximum atomic E-state index is 8.89. The molecule has 0 aliphatic rings. The van der Waals surface area contributed by atoms with Gasteiger partial charge < -0.3 is 22.3 Å². The van der Waals surface area contributed by atoms with Crippen molar-refractivity contribution in [2.75, 3.05) is 0 Å². The summed E-state index contributed by atoms with van der Waals surface area (Å²) >= 11 is 0. The zero-order chi connectivity index (χ0) is 3.58. The van der Waals surface area contributed by atoms with Crippen molar-refractivity contribution in [3.63, 3.8) is 0 Å². The molecular formula is C2H3ClFe2O2. The first-order chi connectivity index (χ1) is 1.73. The average molecular weight is 206 g/mol. The van der Waals surface area contributed by atoms with Crippen LogP contribution in [0.4, 0.5) is 0 Å². The van der Waals surface area contributed by atoms with Gasteiger partial charge in [-0.2, -0.15) is 0 Å². The molecule has 0 N–H and O–H groups in total. The second-order valence-corrected chi connectivity index (χ2v) is 0.492. The largest absolute Gasteiger partial charge is 2.00 e. The molecule has 0 aromatic rings. The topological polar surface area (TPSA) is 40.1 Å². The third kappa shape index (κ3) is 245. The van der Waals surface area contributed by atoms with Gasteiger partial charge in [-0.25, -0.2) is 0 Å². The van der Waals surface area contributed by atoms with Crippen molar-refractivity contribution in [1.82, 2.24) is 0 Å². The molecular weight excluding hydrogens is 203 g/mol. The van der Waals surface area contributed by atoms with Crippen LogP contribution in [0.5, 0.6) is 0 Å². The van der Waals surface area contributed by atoms with Gasteiger partial charge in [0.25, 0.3) is 0 Å². The van der Waals surface area contributed by atoms with E-state index in [1.54, 1.807) is 0 Å². The van der Waals surface area contributed by atoms with Crippen molar-refractivity contribution in [1.29, 1.82) is 0 Å². The Bertz CT molecular complexity index is 36.7. The summed E-state index contributed by atoms with van der Waals surface area (Å²) in [6, 6.07) is 0. The van der Waals surface area contributed by atoms with Gasteiger partial charge >= 0.3 is 17.1 Å². The van der Waals surface area contributed by atoms with Crippen LogP contribution in [0.3, 0.4) is 0 Å². The molecule has 0 aliphatic heterocycles. The fourth-order valence-electron chi connectivity index (χ4n) is 0. The molecule has 0 amide bonds. The van der Waals surface area contributed by atoms with Gasteiger partial charge in [0.2, 0.25) is 0 Å². The van der Waals surface area contributed by atoms with Crippen LogP contribution in [-0.2, 0) is 38.9 Å². The molecule has 0 heterocycles. The third-order valence-corrected chi connectivity index (χ3v) is 0. The number of hydrogen-bond acceptors (Lipinski definition) is 2. The Hall–Kier alpha value is 0.799. The van der Waals surface area contributed by atoms with E-state index < -0.39 is 5.97 Å². The first-order valence-electron chi connectivity index (χ1n) is 0.908. The quantitative estimate of drug-likeness (QED) is 0.377. The van der Waals surface area contributed by atoms with Gasteiger partial charge in [-0.3, -0.25) is 0 Å². The zero-order valence-electron chi connectivity index (χ0n) is 3.40. The predicted molar refractivity (Wildman–Crippen MR) is 10.7 cm³/mol. The molecule has 7 heavy (non-hydrogen) atoms. The molecule has 0 unspecified atom stereocenters. The van der Waals surface area contributed by atoms with Gasteiger partial charge in [0.05, 0.1) is 0 Å². The van der Waals surface area contributed by atoms with Gasteiger partial charge in [0.15, 0.2) is 0 Å².